The zero-order chi connectivity index (χ0) is 13.3. The first-order valence-corrected chi connectivity index (χ1v) is 6.93. The van der Waals surface area contributed by atoms with Gasteiger partial charge in [-0.1, -0.05) is 33.6 Å². The van der Waals surface area contributed by atoms with E-state index in [0.29, 0.717) is 12.6 Å². The highest BCUT2D eigenvalue weighted by molar-refractivity contribution is 5.75. The number of nitrogens with one attached hydrogen (secondary N) is 1. The molecule has 0 aromatic rings. The van der Waals surface area contributed by atoms with Crippen LogP contribution in [0.4, 0.5) is 0 Å². The third kappa shape index (κ3) is 8.19. The minimum atomic E-state index is -0.149. The summed E-state index contributed by atoms with van der Waals surface area (Å²) in [5.41, 5.74) is 0. The zero-order valence-electron chi connectivity index (χ0n) is 12.1. The molecular weight excluding hydrogens is 214 g/mol. The van der Waals surface area contributed by atoms with E-state index in [1.807, 2.05) is 13.8 Å². The van der Waals surface area contributed by atoms with E-state index in [1.54, 1.807) is 0 Å². The lowest BCUT2D eigenvalue weighted by Crippen LogP contribution is -2.42. The minimum absolute atomic E-state index is 0.120. The fourth-order valence-corrected chi connectivity index (χ4v) is 1.85. The van der Waals surface area contributed by atoms with Crippen LogP contribution >= 0.6 is 0 Å². The zero-order valence-corrected chi connectivity index (χ0v) is 12.1. The summed E-state index contributed by atoms with van der Waals surface area (Å²) in [6, 6.07) is 0.229. The van der Waals surface area contributed by atoms with Gasteiger partial charge in [-0.05, 0) is 32.6 Å². The van der Waals surface area contributed by atoms with Crippen LogP contribution in [-0.4, -0.2) is 24.7 Å². The fraction of sp³-hybridized carbons (Fsp3) is 0.929. The first kappa shape index (κ1) is 16.4. The third-order valence-electron chi connectivity index (χ3n) is 2.88. The molecular formula is C14H29NO2. The molecule has 1 N–H and O–H groups in total. The average molecular weight is 243 g/mol. The van der Waals surface area contributed by atoms with Crippen LogP contribution in [0.25, 0.3) is 0 Å². The van der Waals surface area contributed by atoms with Crippen molar-refractivity contribution in [3.8, 4) is 0 Å². The number of carbonyl (C=O) groups is 1. The number of hydrogen-bond donors (Lipinski definition) is 1. The Labute approximate surface area is 106 Å². The summed E-state index contributed by atoms with van der Waals surface area (Å²) in [5.74, 6) is 0.639. The Kier molecular flexibility index (Phi) is 9.14. The van der Waals surface area contributed by atoms with Crippen molar-refractivity contribution >= 4 is 5.97 Å². The van der Waals surface area contributed by atoms with Crippen molar-refractivity contribution in [1.29, 1.82) is 0 Å². The van der Waals surface area contributed by atoms with E-state index in [2.05, 4.69) is 26.1 Å². The van der Waals surface area contributed by atoms with Crippen molar-refractivity contribution in [2.24, 2.45) is 5.92 Å². The second kappa shape index (κ2) is 9.46. The molecule has 0 bridgehead atoms. The molecule has 3 nitrogen and oxygen atoms in total. The van der Waals surface area contributed by atoms with Gasteiger partial charge < -0.3 is 10.1 Å². The van der Waals surface area contributed by atoms with Gasteiger partial charge in [0.15, 0.2) is 0 Å². The van der Waals surface area contributed by atoms with Crippen molar-refractivity contribution in [1.82, 2.24) is 5.32 Å². The normalized spacial score (nSPS) is 14.7. The lowest BCUT2D eigenvalue weighted by atomic mass is 10.0. The van der Waals surface area contributed by atoms with Gasteiger partial charge in [-0.2, -0.15) is 0 Å². The highest BCUT2D eigenvalue weighted by atomic mass is 16.5. The smallest absolute Gasteiger partial charge is 0.323 e. The highest BCUT2D eigenvalue weighted by Crippen LogP contribution is 2.09. The molecule has 0 aromatic heterocycles. The molecule has 0 saturated carbocycles. The molecule has 0 radical (unpaired) electrons. The molecule has 0 heterocycles. The molecule has 3 heteroatoms. The van der Waals surface area contributed by atoms with Crippen molar-refractivity contribution in [2.45, 2.75) is 72.4 Å². The van der Waals surface area contributed by atoms with E-state index in [-0.39, 0.29) is 12.0 Å². The molecule has 0 fully saturated rings. The van der Waals surface area contributed by atoms with Gasteiger partial charge >= 0.3 is 5.97 Å². The lowest BCUT2D eigenvalue weighted by Gasteiger charge is -2.21. The van der Waals surface area contributed by atoms with Crippen LogP contribution in [0.1, 0.15) is 60.3 Å². The Morgan fingerprint density at radius 2 is 1.82 bits per heavy atom. The number of esters is 1. The van der Waals surface area contributed by atoms with Gasteiger partial charge in [-0.3, -0.25) is 4.79 Å². The van der Waals surface area contributed by atoms with Crippen LogP contribution < -0.4 is 5.32 Å². The highest BCUT2D eigenvalue weighted by Gasteiger charge is 2.19. The second-order valence-corrected chi connectivity index (χ2v) is 5.11. The second-order valence-electron chi connectivity index (χ2n) is 5.11. The van der Waals surface area contributed by atoms with Gasteiger partial charge in [0.05, 0.1) is 6.61 Å². The molecule has 0 aliphatic carbocycles. The molecule has 0 aliphatic rings. The minimum Gasteiger partial charge on any atom is -0.465 e. The number of hydrogen-bond acceptors (Lipinski definition) is 3. The first-order chi connectivity index (χ1) is 8.01. The van der Waals surface area contributed by atoms with E-state index in [0.717, 1.165) is 18.8 Å². The lowest BCUT2D eigenvalue weighted by molar-refractivity contribution is -0.146. The van der Waals surface area contributed by atoms with Crippen molar-refractivity contribution in [2.75, 3.05) is 6.61 Å². The fourth-order valence-electron chi connectivity index (χ4n) is 1.85. The molecule has 0 amide bonds. The quantitative estimate of drug-likeness (QED) is 0.632. The topological polar surface area (TPSA) is 38.3 Å². The number of ether oxygens (including phenoxy) is 1. The summed E-state index contributed by atoms with van der Waals surface area (Å²) in [7, 11) is 0. The SMILES string of the molecule is CCOC(=O)C(CC)NC(C)CCCC(C)C. The largest absolute Gasteiger partial charge is 0.465 e. The van der Waals surface area contributed by atoms with Crippen LogP contribution in [0.3, 0.4) is 0 Å². The van der Waals surface area contributed by atoms with Crippen LogP contribution in [0.2, 0.25) is 0 Å². The molecule has 0 rings (SSSR count). The van der Waals surface area contributed by atoms with Gasteiger partial charge in [-0.25, -0.2) is 0 Å². The predicted octanol–water partition coefficient (Wildman–Crippen LogP) is 3.13. The van der Waals surface area contributed by atoms with Crippen LogP contribution in [-0.2, 0) is 9.53 Å². The predicted molar refractivity (Wildman–Crippen MR) is 72.0 cm³/mol. The monoisotopic (exact) mass is 243 g/mol. The van der Waals surface area contributed by atoms with Crippen LogP contribution in [0, 0.1) is 5.92 Å². The Balaban J connectivity index is 3.89. The molecule has 0 aromatic carbocycles. The molecule has 0 saturated heterocycles. The third-order valence-corrected chi connectivity index (χ3v) is 2.88. The molecule has 0 aliphatic heterocycles. The van der Waals surface area contributed by atoms with Gasteiger partial charge in [0.2, 0.25) is 0 Å². The Hall–Kier alpha value is -0.570. The van der Waals surface area contributed by atoms with Gasteiger partial charge in [0.25, 0.3) is 0 Å². The van der Waals surface area contributed by atoms with Crippen molar-refractivity contribution in [3.05, 3.63) is 0 Å². The van der Waals surface area contributed by atoms with Crippen molar-refractivity contribution < 1.29 is 9.53 Å². The van der Waals surface area contributed by atoms with E-state index >= 15 is 0 Å². The Morgan fingerprint density at radius 1 is 1.18 bits per heavy atom. The van der Waals surface area contributed by atoms with E-state index in [4.69, 9.17) is 4.74 Å². The summed E-state index contributed by atoms with van der Waals surface area (Å²) < 4.78 is 5.04. The Morgan fingerprint density at radius 3 is 2.29 bits per heavy atom. The maximum Gasteiger partial charge on any atom is 0.323 e. The van der Waals surface area contributed by atoms with E-state index < -0.39 is 0 Å². The maximum atomic E-state index is 11.6. The maximum absolute atomic E-state index is 11.6. The summed E-state index contributed by atoms with van der Waals surface area (Å²) in [6.07, 6.45) is 4.37. The summed E-state index contributed by atoms with van der Waals surface area (Å²) >= 11 is 0. The van der Waals surface area contributed by atoms with E-state index in [1.165, 1.54) is 12.8 Å². The molecule has 2 unspecified atom stereocenters. The van der Waals surface area contributed by atoms with Gasteiger partial charge in [0.1, 0.15) is 6.04 Å². The Bertz CT molecular complexity index is 204. The first-order valence-electron chi connectivity index (χ1n) is 6.93. The molecule has 17 heavy (non-hydrogen) atoms. The average Bonchev–Trinajstić information content (AvgIpc) is 2.25. The van der Waals surface area contributed by atoms with Gasteiger partial charge in [0, 0.05) is 6.04 Å². The van der Waals surface area contributed by atoms with E-state index in [9.17, 15) is 4.79 Å². The summed E-state index contributed by atoms with van der Waals surface area (Å²) in [5, 5.41) is 3.35. The molecule has 102 valence electrons. The summed E-state index contributed by atoms with van der Waals surface area (Å²) in [4.78, 5) is 11.6. The van der Waals surface area contributed by atoms with Gasteiger partial charge in [-0.15, -0.1) is 0 Å². The van der Waals surface area contributed by atoms with Crippen molar-refractivity contribution in [3.63, 3.8) is 0 Å². The van der Waals surface area contributed by atoms with Crippen LogP contribution in [0.15, 0.2) is 0 Å². The standard InChI is InChI=1S/C14H29NO2/c1-6-13(14(16)17-7-2)15-12(5)10-8-9-11(3)4/h11-13,15H,6-10H2,1-5H3. The number of carbonyl (C=O) groups excluding carboxylic acids is 1. The summed E-state index contributed by atoms with van der Waals surface area (Å²) in [6.45, 7) is 10.9. The molecule has 2 atom stereocenters. The number of rotatable bonds is 9. The molecule has 0 spiro atoms. The van der Waals surface area contributed by atoms with Crippen LogP contribution in [0.5, 0.6) is 0 Å².